The van der Waals surface area contributed by atoms with E-state index in [-0.39, 0.29) is 10.8 Å². The van der Waals surface area contributed by atoms with Crippen LogP contribution in [0.1, 0.15) is 59.1 Å². The second-order valence-electron chi connectivity index (χ2n) is 11.0. The molecule has 0 radical (unpaired) electrons. The van der Waals surface area contributed by atoms with Gasteiger partial charge >= 0.3 is 0 Å². The van der Waals surface area contributed by atoms with Crippen LogP contribution >= 0.6 is 0 Å². The van der Waals surface area contributed by atoms with Gasteiger partial charge in [0.05, 0.1) is 11.0 Å². The number of allylic oxidation sites excluding steroid dienone is 1. The number of benzene rings is 3. The molecule has 0 bridgehead atoms. The summed E-state index contributed by atoms with van der Waals surface area (Å²) in [6.07, 6.45) is 1.10. The normalized spacial score (nSPS) is 12.2. The van der Waals surface area contributed by atoms with Gasteiger partial charge < -0.3 is 10.3 Å². The number of fused-ring (bicyclic) bond motifs is 1. The van der Waals surface area contributed by atoms with Crippen molar-refractivity contribution in [3.8, 4) is 22.5 Å². The van der Waals surface area contributed by atoms with Gasteiger partial charge in [0.25, 0.3) is 0 Å². The van der Waals surface area contributed by atoms with Gasteiger partial charge in [-0.1, -0.05) is 78.5 Å². The summed E-state index contributed by atoms with van der Waals surface area (Å²) in [4.78, 5) is 8.43. The van der Waals surface area contributed by atoms with E-state index in [9.17, 15) is 0 Å². The number of aryl methyl sites for hydroxylation is 1. The lowest BCUT2D eigenvalue weighted by molar-refractivity contribution is 0.506. The van der Waals surface area contributed by atoms with Crippen molar-refractivity contribution >= 4 is 16.7 Å². The van der Waals surface area contributed by atoms with Crippen molar-refractivity contribution < 1.29 is 0 Å². The zero-order chi connectivity index (χ0) is 24.7. The third-order valence-electron chi connectivity index (χ3n) is 7.03. The molecule has 3 nitrogen and oxygen atoms in total. The SMILES string of the molecule is C=C(Nc1ccc(-c2ccc3nc(-c4cccc(C(C)(C)CC)c4)[nH]c3c2)cc1C)C(C)(C)C. The number of aromatic amines is 1. The molecule has 0 saturated carbocycles. The molecule has 0 atom stereocenters. The predicted molar refractivity (Wildman–Crippen MR) is 147 cm³/mol. The summed E-state index contributed by atoms with van der Waals surface area (Å²) in [5, 5.41) is 3.49. The first-order valence-electron chi connectivity index (χ1n) is 12.2. The Morgan fingerprint density at radius 1 is 0.912 bits per heavy atom. The second kappa shape index (κ2) is 8.79. The van der Waals surface area contributed by atoms with Crippen LogP contribution in [0.4, 0.5) is 5.69 Å². The Hall–Kier alpha value is -3.33. The molecule has 2 N–H and O–H groups in total. The van der Waals surface area contributed by atoms with E-state index in [1.165, 1.54) is 22.3 Å². The highest BCUT2D eigenvalue weighted by Crippen LogP contribution is 2.33. The molecular weight excluding hydrogens is 414 g/mol. The van der Waals surface area contributed by atoms with Crippen molar-refractivity contribution in [2.24, 2.45) is 5.41 Å². The number of anilines is 1. The Kier molecular flexibility index (Phi) is 6.16. The predicted octanol–water partition coefficient (Wildman–Crippen LogP) is 8.86. The van der Waals surface area contributed by atoms with Crippen molar-refractivity contribution in [1.82, 2.24) is 9.97 Å². The topological polar surface area (TPSA) is 40.7 Å². The molecule has 0 fully saturated rings. The summed E-state index contributed by atoms with van der Waals surface area (Å²) in [5.41, 5.74) is 10.3. The molecule has 0 aliphatic carbocycles. The Labute approximate surface area is 204 Å². The second-order valence-corrected chi connectivity index (χ2v) is 11.0. The summed E-state index contributed by atoms with van der Waals surface area (Å²) in [6.45, 7) is 19.7. The highest BCUT2D eigenvalue weighted by atomic mass is 14.9. The maximum atomic E-state index is 4.88. The van der Waals surface area contributed by atoms with Crippen molar-refractivity contribution in [2.45, 2.75) is 60.3 Å². The van der Waals surface area contributed by atoms with Crippen molar-refractivity contribution in [2.75, 3.05) is 5.32 Å². The number of aromatic nitrogens is 2. The molecule has 1 aromatic heterocycles. The monoisotopic (exact) mass is 451 g/mol. The first-order chi connectivity index (χ1) is 16.0. The summed E-state index contributed by atoms with van der Waals surface area (Å²) in [6, 6.07) is 21.7. The Morgan fingerprint density at radius 2 is 1.62 bits per heavy atom. The van der Waals surface area contributed by atoms with Crippen LogP contribution in [0.2, 0.25) is 0 Å². The maximum absolute atomic E-state index is 4.88. The number of rotatable bonds is 6. The number of nitrogens with zero attached hydrogens (tertiary/aromatic N) is 1. The molecule has 3 heteroatoms. The molecule has 1 heterocycles. The summed E-state index contributed by atoms with van der Waals surface area (Å²) in [7, 11) is 0. The minimum absolute atomic E-state index is 0.0142. The van der Waals surface area contributed by atoms with Gasteiger partial charge in [-0.05, 0) is 71.3 Å². The molecule has 3 aromatic carbocycles. The zero-order valence-corrected chi connectivity index (χ0v) is 21.6. The minimum atomic E-state index is 0.0142. The molecule has 4 rings (SSSR count). The van der Waals surface area contributed by atoms with E-state index in [0.29, 0.717) is 0 Å². The molecule has 4 aromatic rings. The highest BCUT2D eigenvalue weighted by molar-refractivity contribution is 5.85. The van der Waals surface area contributed by atoms with E-state index in [0.717, 1.165) is 40.2 Å². The van der Waals surface area contributed by atoms with Gasteiger partial charge in [-0.15, -0.1) is 0 Å². The average Bonchev–Trinajstić information content (AvgIpc) is 3.23. The van der Waals surface area contributed by atoms with Gasteiger partial charge in [0.2, 0.25) is 0 Å². The van der Waals surface area contributed by atoms with Crippen LogP contribution in [0.25, 0.3) is 33.5 Å². The lowest BCUT2D eigenvalue weighted by atomic mass is 9.81. The fourth-order valence-corrected chi connectivity index (χ4v) is 3.95. The average molecular weight is 452 g/mol. The first kappa shape index (κ1) is 23.8. The third-order valence-corrected chi connectivity index (χ3v) is 7.03. The summed E-state index contributed by atoms with van der Waals surface area (Å²) >= 11 is 0. The number of hydrogen-bond donors (Lipinski definition) is 2. The Morgan fingerprint density at radius 3 is 2.29 bits per heavy atom. The van der Waals surface area contributed by atoms with Gasteiger partial charge in [-0.3, -0.25) is 0 Å². The van der Waals surface area contributed by atoms with Crippen molar-refractivity contribution in [3.05, 3.63) is 84.1 Å². The highest BCUT2D eigenvalue weighted by Gasteiger charge is 2.19. The largest absolute Gasteiger partial charge is 0.359 e. The summed E-state index contributed by atoms with van der Waals surface area (Å²) in [5.74, 6) is 0.914. The van der Waals surface area contributed by atoms with E-state index >= 15 is 0 Å². The lowest BCUT2D eigenvalue weighted by Gasteiger charge is -2.24. The van der Waals surface area contributed by atoms with Gasteiger partial charge in [-0.25, -0.2) is 4.98 Å². The van der Waals surface area contributed by atoms with E-state index in [2.05, 4.69) is 126 Å². The fourth-order valence-electron chi connectivity index (χ4n) is 3.95. The third kappa shape index (κ3) is 4.79. The van der Waals surface area contributed by atoms with Crippen molar-refractivity contribution in [3.63, 3.8) is 0 Å². The summed E-state index contributed by atoms with van der Waals surface area (Å²) < 4.78 is 0. The molecule has 0 aliphatic heterocycles. The van der Waals surface area contributed by atoms with Gasteiger partial charge in [-0.2, -0.15) is 0 Å². The molecule has 0 amide bonds. The molecule has 176 valence electrons. The quantitative estimate of drug-likeness (QED) is 0.307. The van der Waals surface area contributed by atoms with Crippen LogP contribution in [0, 0.1) is 12.3 Å². The number of imidazole rings is 1. The molecule has 0 saturated heterocycles. The molecular formula is C31H37N3. The molecule has 0 aliphatic rings. The molecule has 34 heavy (non-hydrogen) atoms. The van der Waals surface area contributed by atoms with Crippen LogP contribution in [-0.4, -0.2) is 9.97 Å². The van der Waals surface area contributed by atoms with Crippen LogP contribution in [-0.2, 0) is 5.41 Å². The van der Waals surface area contributed by atoms with E-state index < -0.39 is 0 Å². The van der Waals surface area contributed by atoms with E-state index in [1.54, 1.807) is 0 Å². The number of H-pyrrole nitrogens is 1. The smallest absolute Gasteiger partial charge is 0.138 e. The first-order valence-corrected chi connectivity index (χ1v) is 12.2. The van der Waals surface area contributed by atoms with Crippen LogP contribution < -0.4 is 5.32 Å². The van der Waals surface area contributed by atoms with E-state index in [1.807, 2.05) is 0 Å². The minimum Gasteiger partial charge on any atom is -0.359 e. The van der Waals surface area contributed by atoms with E-state index in [4.69, 9.17) is 4.98 Å². The van der Waals surface area contributed by atoms with Crippen molar-refractivity contribution in [1.29, 1.82) is 0 Å². The number of nitrogens with one attached hydrogen (secondary N) is 2. The standard InChI is InChI=1S/C31H37N3/c1-9-31(7,8)25-12-10-11-24(18-25)29-33-27-16-14-23(19-28(27)34-29)22-13-15-26(20(2)17-22)32-21(3)30(4,5)6/h10-19,32H,3,9H2,1-2,4-8H3,(H,33,34). The molecule has 0 spiro atoms. The van der Waals surface area contributed by atoms with Crippen LogP contribution in [0.15, 0.2) is 72.9 Å². The lowest BCUT2D eigenvalue weighted by Crippen LogP contribution is -2.16. The maximum Gasteiger partial charge on any atom is 0.138 e. The zero-order valence-electron chi connectivity index (χ0n) is 21.6. The number of hydrogen-bond acceptors (Lipinski definition) is 2. The van der Waals surface area contributed by atoms with Gasteiger partial charge in [0.1, 0.15) is 5.82 Å². The molecule has 0 unspecified atom stereocenters. The fraction of sp³-hybridized carbons (Fsp3) is 0.323. The Bertz CT molecular complexity index is 1350. The Balaban J connectivity index is 1.64. The van der Waals surface area contributed by atoms with Crippen LogP contribution in [0.3, 0.4) is 0 Å². The van der Waals surface area contributed by atoms with Gasteiger partial charge in [0.15, 0.2) is 0 Å². The van der Waals surface area contributed by atoms with Crippen LogP contribution in [0.5, 0.6) is 0 Å². The van der Waals surface area contributed by atoms with Gasteiger partial charge in [0, 0.05) is 22.4 Å².